The molecule has 9 rings (SSSR count). The molecule has 0 spiro atoms. The number of ketones is 1. The van der Waals surface area contributed by atoms with Crippen LogP contribution >= 0.6 is 0 Å². The van der Waals surface area contributed by atoms with Crippen molar-refractivity contribution >= 4 is 32.6 Å². The first-order valence-corrected chi connectivity index (χ1v) is 20.3. The van der Waals surface area contributed by atoms with Crippen LogP contribution in [0.1, 0.15) is 105 Å². The lowest BCUT2D eigenvalue weighted by Crippen LogP contribution is -2.50. The highest BCUT2D eigenvalue weighted by Gasteiger charge is 2.72. The molecule has 10 heteroatoms. The standard InChI is InChI=1S/C40H50N4O5S/c1-24(2)50(47,48)42-37(46)26-11-13-29-32(17-26)44-22-39(36(45)35-40-16-8-15-38(40,20-41-35)21-43(3)23-40)19-31(39)30-18-27(49-4)12-14-28(30)34(44)33(29)25-9-6-5-7-10-25/h11-14,17-18,24-25,31,35,41H,5-10,15-16,19-23H2,1-4H3,(H,42,46)/t31-,35?,38?,39-,40?/m0/s1. The average molecular weight is 699 g/mol. The molecule has 50 heavy (non-hydrogen) atoms. The topological polar surface area (TPSA) is 110 Å². The fourth-order valence-corrected chi connectivity index (χ4v) is 12.2. The third-order valence-corrected chi connectivity index (χ3v) is 15.8. The highest BCUT2D eigenvalue weighted by atomic mass is 32.2. The predicted octanol–water partition coefficient (Wildman–Crippen LogP) is 5.96. The van der Waals surface area contributed by atoms with Gasteiger partial charge in [-0.05, 0) is 100 Å². The van der Waals surface area contributed by atoms with E-state index in [2.05, 4.69) is 38.7 Å². The van der Waals surface area contributed by atoms with Crippen LogP contribution in [-0.4, -0.2) is 74.7 Å². The van der Waals surface area contributed by atoms with Crippen LogP contribution in [0.5, 0.6) is 5.75 Å². The Balaban J connectivity index is 1.23. The molecular weight excluding hydrogens is 649 g/mol. The van der Waals surface area contributed by atoms with Gasteiger partial charge in [-0.25, -0.2) is 13.1 Å². The molecule has 0 radical (unpaired) electrons. The zero-order valence-corrected chi connectivity index (χ0v) is 30.6. The molecule has 0 bridgehead atoms. The monoisotopic (exact) mass is 698 g/mol. The highest BCUT2D eigenvalue weighted by molar-refractivity contribution is 7.90. The minimum Gasteiger partial charge on any atom is -0.497 e. The number of fused-ring (bicyclic) bond motifs is 7. The molecular formula is C40H50N4O5S. The summed E-state index contributed by atoms with van der Waals surface area (Å²) < 4.78 is 35.9. The first-order chi connectivity index (χ1) is 23.9. The van der Waals surface area contributed by atoms with Gasteiger partial charge in [0, 0.05) is 65.0 Å². The Morgan fingerprint density at radius 1 is 1.00 bits per heavy atom. The summed E-state index contributed by atoms with van der Waals surface area (Å²) in [5.74, 6) is 0.965. The van der Waals surface area contributed by atoms with E-state index in [9.17, 15) is 13.2 Å². The Bertz CT molecular complexity index is 2050. The zero-order chi connectivity index (χ0) is 34.8. The van der Waals surface area contributed by atoms with Gasteiger partial charge in [-0.15, -0.1) is 0 Å². The molecule has 5 fully saturated rings. The number of methoxy groups -OCH3 is 1. The second-order valence-electron chi connectivity index (χ2n) is 16.9. The Kier molecular flexibility index (Phi) is 7.28. The van der Waals surface area contributed by atoms with Crippen LogP contribution in [-0.2, 0) is 21.4 Å². The van der Waals surface area contributed by atoms with Crippen molar-refractivity contribution in [3.63, 3.8) is 0 Å². The molecule has 5 atom stereocenters. The first kappa shape index (κ1) is 32.7. The molecule has 3 saturated carbocycles. The number of carbonyl (C=O) groups excluding carboxylic acids is 2. The number of amides is 1. The fraction of sp³-hybridized carbons (Fsp3) is 0.600. The molecule has 1 amide bonds. The van der Waals surface area contributed by atoms with Gasteiger partial charge >= 0.3 is 0 Å². The van der Waals surface area contributed by atoms with Crippen molar-refractivity contribution in [3.05, 3.63) is 53.1 Å². The molecule has 4 heterocycles. The van der Waals surface area contributed by atoms with Crippen LogP contribution in [0.3, 0.4) is 0 Å². The quantitative estimate of drug-likeness (QED) is 0.313. The fourth-order valence-electron chi connectivity index (χ4n) is 11.6. The zero-order valence-electron chi connectivity index (χ0n) is 29.8. The van der Waals surface area contributed by atoms with E-state index in [0.29, 0.717) is 23.8 Å². The number of carbonyl (C=O) groups is 2. The number of hydrogen-bond acceptors (Lipinski definition) is 7. The van der Waals surface area contributed by atoms with E-state index in [1.807, 2.05) is 18.2 Å². The summed E-state index contributed by atoms with van der Waals surface area (Å²) in [5, 5.41) is 4.20. The Labute approximate surface area is 295 Å². The van der Waals surface area contributed by atoms with Crippen molar-refractivity contribution in [2.24, 2.45) is 16.2 Å². The van der Waals surface area contributed by atoms with E-state index in [-0.39, 0.29) is 22.8 Å². The van der Waals surface area contributed by atoms with E-state index in [1.54, 1.807) is 27.0 Å². The Morgan fingerprint density at radius 3 is 2.56 bits per heavy atom. The molecule has 266 valence electrons. The Hall–Kier alpha value is -3.21. The number of hydrogen-bond donors (Lipinski definition) is 2. The van der Waals surface area contributed by atoms with Crippen molar-refractivity contribution in [2.75, 3.05) is 33.8 Å². The van der Waals surface area contributed by atoms with Gasteiger partial charge < -0.3 is 19.5 Å². The van der Waals surface area contributed by atoms with E-state index in [1.165, 1.54) is 43.2 Å². The minimum atomic E-state index is -3.81. The molecule has 2 aromatic carbocycles. The maximum Gasteiger partial charge on any atom is 0.264 e. The molecule has 6 aliphatic rings. The van der Waals surface area contributed by atoms with Gasteiger partial charge in [0.05, 0.1) is 29.5 Å². The van der Waals surface area contributed by atoms with Gasteiger partial charge in [0.2, 0.25) is 10.0 Å². The molecule has 3 aliphatic carbocycles. The molecule has 3 aliphatic heterocycles. The maximum absolute atomic E-state index is 15.5. The van der Waals surface area contributed by atoms with Crippen LogP contribution in [0.15, 0.2) is 36.4 Å². The van der Waals surface area contributed by atoms with Gasteiger partial charge in [0.25, 0.3) is 5.91 Å². The lowest BCUT2D eigenvalue weighted by molar-refractivity contribution is -0.129. The maximum atomic E-state index is 15.5. The summed E-state index contributed by atoms with van der Waals surface area (Å²) in [7, 11) is 0.115. The number of nitrogens with zero attached hydrogens (tertiary/aromatic N) is 2. The number of nitrogens with one attached hydrogen (secondary N) is 2. The van der Waals surface area contributed by atoms with Crippen LogP contribution in [0.4, 0.5) is 0 Å². The number of Topliss-reactive ketones (excluding diaryl/α,β-unsaturated/α-hetero) is 1. The highest BCUT2D eigenvalue weighted by Crippen LogP contribution is 2.69. The summed E-state index contributed by atoms with van der Waals surface area (Å²) in [6.07, 6.45) is 10.0. The van der Waals surface area contributed by atoms with Crippen LogP contribution in [0.25, 0.3) is 22.2 Å². The van der Waals surface area contributed by atoms with Crippen molar-refractivity contribution < 1.29 is 22.7 Å². The van der Waals surface area contributed by atoms with Crippen LogP contribution < -0.4 is 14.8 Å². The second-order valence-corrected chi connectivity index (χ2v) is 19.2. The lowest BCUT2D eigenvalue weighted by Gasteiger charge is -2.37. The third-order valence-electron chi connectivity index (χ3n) is 14.0. The largest absolute Gasteiger partial charge is 0.497 e. The summed E-state index contributed by atoms with van der Waals surface area (Å²) in [6.45, 7) is 6.58. The van der Waals surface area contributed by atoms with Gasteiger partial charge in [-0.3, -0.25) is 9.59 Å². The number of aromatic nitrogens is 1. The van der Waals surface area contributed by atoms with Gasteiger partial charge in [-0.1, -0.05) is 31.7 Å². The number of rotatable bonds is 7. The minimum absolute atomic E-state index is 0.0355. The summed E-state index contributed by atoms with van der Waals surface area (Å²) >= 11 is 0. The number of sulfonamides is 1. The van der Waals surface area contributed by atoms with Crippen LogP contribution in [0, 0.1) is 16.2 Å². The SMILES string of the molecule is COc1ccc2c(c1)[C@@H]1C[C@]1(C(=O)C1NCC34CCCC13CN(C)C4)Cn1c-2c(C2CCCCC2)c2ccc(C(=O)NS(=O)(=O)C(C)C)cc21. The molecule has 2 N–H and O–H groups in total. The molecule has 2 saturated heterocycles. The number of benzene rings is 2. The predicted molar refractivity (Wildman–Crippen MR) is 194 cm³/mol. The van der Waals surface area contributed by atoms with E-state index in [4.69, 9.17) is 4.74 Å². The summed E-state index contributed by atoms with van der Waals surface area (Å²) in [4.78, 5) is 31.4. The van der Waals surface area contributed by atoms with Crippen molar-refractivity contribution in [1.82, 2.24) is 19.5 Å². The van der Waals surface area contributed by atoms with Gasteiger partial charge in [-0.2, -0.15) is 0 Å². The average Bonchev–Trinajstić information content (AvgIpc) is 3.30. The van der Waals surface area contributed by atoms with E-state index in [0.717, 1.165) is 73.2 Å². The smallest absolute Gasteiger partial charge is 0.264 e. The molecule has 3 unspecified atom stereocenters. The van der Waals surface area contributed by atoms with E-state index >= 15 is 4.79 Å². The van der Waals surface area contributed by atoms with Crippen LogP contribution in [0.2, 0.25) is 0 Å². The molecule has 9 nitrogen and oxygen atoms in total. The van der Waals surface area contributed by atoms with E-state index < -0.39 is 26.6 Å². The second kappa shape index (κ2) is 11.1. The molecule has 3 aromatic rings. The van der Waals surface area contributed by atoms with Gasteiger partial charge in [0.1, 0.15) is 5.75 Å². The number of likely N-dealkylation sites (tertiary alicyclic amines) is 1. The normalized spacial score (nSPS) is 31.9. The lowest BCUT2D eigenvalue weighted by atomic mass is 9.65. The molecule has 1 aromatic heterocycles. The van der Waals surface area contributed by atoms with Gasteiger partial charge in [0.15, 0.2) is 5.78 Å². The summed E-state index contributed by atoms with van der Waals surface area (Å²) in [5.41, 5.74) is 5.56. The van der Waals surface area contributed by atoms with Crippen molar-refractivity contribution in [2.45, 2.75) is 101 Å². The third kappa shape index (κ3) is 4.46. The Morgan fingerprint density at radius 2 is 1.80 bits per heavy atom. The van der Waals surface area contributed by atoms with Crippen molar-refractivity contribution in [3.8, 4) is 17.0 Å². The number of ether oxygens (including phenoxy) is 1. The first-order valence-electron chi connectivity index (χ1n) is 18.8. The van der Waals surface area contributed by atoms with Crippen molar-refractivity contribution in [1.29, 1.82) is 0 Å². The summed E-state index contributed by atoms with van der Waals surface area (Å²) in [6, 6.07) is 11.9.